The number of aryl methyl sites for hydroxylation is 2. The van der Waals surface area contributed by atoms with Crippen LogP contribution >= 0.6 is 0 Å². The van der Waals surface area contributed by atoms with Crippen molar-refractivity contribution in [3.05, 3.63) is 58.7 Å². The van der Waals surface area contributed by atoms with E-state index in [-0.39, 0.29) is 18.9 Å². The number of para-hydroxylation sites is 2. The number of anilines is 1. The highest BCUT2D eigenvalue weighted by molar-refractivity contribution is 5.89. The lowest BCUT2D eigenvalue weighted by molar-refractivity contribution is -0.116. The van der Waals surface area contributed by atoms with Gasteiger partial charge < -0.3 is 9.73 Å². The van der Waals surface area contributed by atoms with Gasteiger partial charge in [0.15, 0.2) is 5.58 Å². The number of hydrogen-bond acceptors (Lipinski definition) is 4. The number of carbonyl (C=O) groups is 1. The van der Waals surface area contributed by atoms with Gasteiger partial charge in [-0.25, -0.2) is 9.78 Å². The third-order valence-corrected chi connectivity index (χ3v) is 3.32. The molecule has 0 bridgehead atoms. The molecule has 0 fully saturated rings. The number of aromatic nitrogens is 2. The van der Waals surface area contributed by atoms with Gasteiger partial charge in [-0.1, -0.05) is 12.1 Å². The summed E-state index contributed by atoms with van der Waals surface area (Å²) in [5.41, 5.74) is 2.23. The van der Waals surface area contributed by atoms with Crippen molar-refractivity contribution >= 4 is 22.8 Å². The van der Waals surface area contributed by atoms with Crippen LogP contribution in [0, 0.1) is 6.92 Å². The lowest BCUT2D eigenvalue weighted by Crippen LogP contribution is -2.20. The lowest BCUT2D eigenvalue weighted by atomic mass is 10.3. The number of nitrogens with zero attached hydrogens (tertiary/aromatic N) is 2. The van der Waals surface area contributed by atoms with Crippen molar-refractivity contribution in [3.63, 3.8) is 0 Å². The van der Waals surface area contributed by atoms with E-state index in [9.17, 15) is 9.59 Å². The molecule has 0 aliphatic rings. The number of fused-ring (bicyclic) bond motifs is 1. The molecule has 0 aliphatic heterocycles. The van der Waals surface area contributed by atoms with Crippen LogP contribution in [0.25, 0.3) is 11.1 Å². The van der Waals surface area contributed by atoms with Gasteiger partial charge in [0, 0.05) is 19.2 Å². The van der Waals surface area contributed by atoms with Crippen molar-refractivity contribution in [3.8, 4) is 0 Å². The Labute approximate surface area is 126 Å². The minimum absolute atomic E-state index is 0.166. The molecular weight excluding hydrogens is 282 g/mol. The number of hydrogen-bond donors (Lipinski definition) is 1. The maximum atomic E-state index is 12.0. The monoisotopic (exact) mass is 297 g/mol. The van der Waals surface area contributed by atoms with Gasteiger partial charge in [-0.2, -0.15) is 0 Å². The molecule has 0 atom stereocenters. The number of oxazole rings is 1. The fourth-order valence-corrected chi connectivity index (χ4v) is 2.25. The average molecular weight is 297 g/mol. The van der Waals surface area contributed by atoms with Crippen LogP contribution in [0.2, 0.25) is 0 Å². The Bertz CT molecular complexity index is 879. The van der Waals surface area contributed by atoms with Gasteiger partial charge in [-0.3, -0.25) is 9.36 Å². The maximum Gasteiger partial charge on any atom is 0.419 e. The predicted octanol–water partition coefficient (Wildman–Crippen LogP) is 2.33. The number of carbonyl (C=O) groups excluding carboxylic acids is 1. The summed E-state index contributed by atoms with van der Waals surface area (Å²) >= 11 is 0. The van der Waals surface area contributed by atoms with Crippen LogP contribution < -0.4 is 11.1 Å². The van der Waals surface area contributed by atoms with Gasteiger partial charge in [-0.05, 0) is 36.8 Å². The Hall–Kier alpha value is -2.89. The summed E-state index contributed by atoms with van der Waals surface area (Å²) in [7, 11) is 0. The largest absolute Gasteiger partial charge is 0.419 e. The minimum atomic E-state index is -0.456. The van der Waals surface area contributed by atoms with Gasteiger partial charge in [0.25, 0.3) is 0 Å². The lowest BCUT2D eigenvalue weighted by Gasteiger charge is -2.05. The van der Waals surface area contributed by atoms with Gasteiger partial charge in [0.05, 0.1) is 5.52 Å². The first-order chi connectivity index (χ1) is 10.6. The van der Waals surface area contributed by atoms with Gasteiger partial charge in [-0.15, -0.1) is 0 Å². The number of rotatable bonds is 4. The van der Waals surface area contributed by atoms with E-state index in [1.807, 2.05) is 19.1 Å². The number of pyridine rings is 1. The molecule has 1 amide bonds. The highest BCUT2D eigenvalue weighted by atomic mass is 16.4. The Morgan fingerprint density at radius 2 is 2.14 bits per heavy atom. The summed E-state index contributed by atoms with van der Waals surface area (Å²) in [6.07, 6.45) is 1.80. The zero-order valence-corrected chi connectivity index (χ0v) is 12.1. The van der Waals surface area contributed by atoms with Crippen LogP contribution in [-0.4, -0.2) is 15.5 Å². The first-order valence-electron chi connectivity index (χ1n) is 6.94. The second-order valence-electron chi connectivity index (χ2n) is 5.00. The number of amides is 1. The van der Waals surface area contributed by atoms with E-state index in [1.54, 1.807) is 30.5 Å². The molecule has 3 rings (SSSR count). The highest BCUT2D eigenvalue weighted by Crippen LogP contribution is 2.12. The van der Waals surface area contributed by atoms with Crippen molar-refractivity contribution in [2.45, 2.75) is 19.9 Å². The third kappa shape index (κ3) is 2.90. The third-order valence-electron chi connectivity index (χ3n) is 3.32. The smallest absolute Gasteiger partial charge is 0.408 e. The molecule has 1 aromatic carbocycles. The summed E-state index contributed by atoms with van der Waals surface area (Å²) < 4.78 is 6.59. The molecule has 0 unspecified atom stereocenters. The summed E-state index contributed by atoms with van der Waals surface area (Å²) in [6.45, 7) is 2.18. The van der Waals surface area contributed by atoms with Gasteiger partial charge in [0.1, 0.15) is 5.82 Å². The quantitative estimate of drug-likeness (QED) is 0.801. The molecule has 6 heteroatoms. The molecule has 112 valence electrons. The van der Waals surface area contributed by atoms with Crippen LogP contribution in [0.4, 0.5) is 5.82 Å². The Kier molecular flexibility index (Phi) is 3.74. The summed E-state index contributed by atoms with van der Waals surface area (Å²) in [6, 6.07) is 10.8. The van der Waals surface area contributed by atoms with Crippen molar-refractivity contribution in [2.75, 3.05) is 5.32 Å². The van der Waals surface area contributed by atoms with E-state index < -0.39 is 5.76 Å². The van der Waals surface area contributed by atoms with Crippen LogP contribution in [0.1, 0.15) is 12.0 Å². The molecule has 0 saturated carbocycles. The van der Waals surface area contributed by atoms with E-state index in [2.05, 4.69) is 10.3 Å². The molecule has 6 nitrogen and oxygen atoms in total. The van der Waals surface area contributed by atoms with Crippen molar-refractivity contribution in [1.82, 2.24) is 9.55 Å². The zero-order valence-electron chi connectivity index (χ0n) is 12.1. The van der Waals surface area contributed by atoms with Crippen molar-refractivity contribution in [2.24, 2.45) is 0 Å². The molecule has 0 spiro atoms. The van der Waals surface area contributed by atoms with Crippen molar-refractivity contribution < 1.29 is 9.21 Å². The fourth-order valence-electron chi connectivity index (χ4n) is 2.25. The van der Waals surface area contributed by atoms with E-state index in [4.69, 9.17) is 4.42 Å². The van der Waals surface area contributed by atoms with E-state index in [0.717, 1.165) is 5.56 Å². The first kappa shape index (κ1) is 14.1. The zero-order chi connectivity index (χ0) is 15.5. The van der Waals surface area contributed by atoms with Gasteiger partial charge in [0.2, 0.25) is 5.91 Å². The number of benzene rings is 1. The van der Waals surface area contributed by atoms with Gasteiger partial charge >= 0.3 is 5.76 Å². The first-order valence-corrected chi connectivity index (χ1v) is 6.94. The van der Waals surface area contributed by atoms with Crippen LogP contribution in [0.5, 0.6) is 0 Å². The molecule has 0 radical (unpaired) electrons. The highest BCUT2D eigenvalue weighted by Gasteiger charge is 2.10. The fraction of sp³-hybridized carbons (Fsp3) is 0.188. The van der Waals surface area contributed by atoms with Crippen LogP contribution in [0.3, 0.4) is 0 Å². The molecular formula is C16H15N3O3. The minimum Gasteiger partial charge on any atom is -0.408 e. The Morgan fingerprint density at radius 1 is 1.32 bits per heavy atom. The summed E-state index contributed by atoms with van der Waals surface area (Å²) in [5, 5.41) is 2.72. The molecule has 2 aromatic heterocycles. The Morgan fingerprint density at radius 3 is 2.95 bits per heavy atom. The number of nitrogens with one attached hydrogen (secondary N) is 1. The SMILES string of the molecule is Cc1ccnc(NC(=O)CCn2c(=O)oc3ccccc32)c1. The normalized spacial score (nSPS) is 10.8. The Balaban J connectivity index is 1.70. The molecule has 1 N–H and O–H groups in total. The van der Waals surface area contributed by atoms with Crippen LogP contribution in [0.15, 0.2) is 51.8 Å². The summed E-state index contributed by atoms with van der Waals surface area (Å²) in [5.74, 6) is -0.146. The second kappa shape index (κ2) is 5.85. The topological polar surface area (TPSA) is 77.1 Å². The standard InChI is InChI=1S/C16H15N3O3/c1-11-6-8-17-14(10-11)18-15(20)7-9-19-12-4-2-3-5-13(12)22-16(19)21/h2-6,8,10H,7,9H2,1H3,(H,17,18,20). The van der Waals surface area contributed by atoms with E-state index in [1.165, 1.54) is 4.57 Å². The molecule has 22 heavy (non-hydrogen) atoms. The average Bonchev–Trinajstić information content (AvgIpc) is 2.80. The summed E-state index contributed by atoms with van der Waals surface area (Å²) in [4.78, 5) is 27.8. The molecule has 2 heterocycles. The predicted molar refractivity (Wildman–Crippen MR) is 82.7 cm³/mol. The van der Waals surface area contributed by atoms with Crippen LogP contribution in [-0.2, 0) is 11.3 Å². The molecule has 0 aliphatic carbocycles. The molecule has 3 aromatic rings. The van der Waals surface area contributed by atoms with E-state index in [0.29, 0.717) is 16.9 Å². The van der Waals surface area contributed by atoms with Crippen molar-refractivity contribution in [1.29, 1.82) is 0 Å². The maximum absolute atomic E-state index is 12.0. The second-order valence-corrected chi connectivity index (χ2v) is 5.00. The van der Waals surface area contributed by atoms with E-state index >= 15 is 0 Å². The molecule has 0 saturated heterocycles.